The summed E-state index contributed by atoms with van der Waals surface area (Å²) in [6, 6.07) is 4.94. The number of halogens is 1. The lowest BCUT2D eigenvalue weighted by Gasteiger charge is -2.26. The fourth-order valence-corrected chi connectivity index (χ4v) is 5.43. The molecule has 2 fully saturated rings. The Kier molecular flexibility index (Phi) is 7.96. The van der Waals surface area contributed by atoms with Crippen molar-refractivity contribution in [3.05, 3.63) is 46.9 Å². The van der Waals surface area contributed by atoms with E-state index in [-0.39, 0.29) is 6.10 Å². The van der Waals surface area contributed by atoms with E-state index in [0.717, 1.165) is 86.4 Å². The number of nitrogens with one attached hydrogen (secondary N) is 1. The summed E-state index contributed by atoms with van der Waals surface area (Å²) in [7, 11) is 1.71. The Labute approximate surface area is 211 Å². The molecule has 0 radical (unpaired) electrons. The van der Waals surface area contributed by atoms with Crippen LogP contribution in [-0.4, -0.2) is 60.3 Å². The molecule has 36 heavy (non-hydrogen) atoms. The van der Waals surface area contributed by atoms with Gasteiger partial charge in [0.25, 0.3) is 0 Å². The lowest BCUT2D eigenvalue weighted by molar-refractivity contribution is -0.190. The molecule has 2 aliphatic heterocycles. The molecular weight excluding hydrogens is 463 g/mol. The summed E-state index contributed by atoms with van der Waals surface area (Å²) in [5.74, 6) is 1.35. The number of anilines is 1. The van der Waals surface area contributed by atoms with Crippen molar-refractivity contribution < 1.29 is 23.7 Å². The van der Waals surface area contributed by atoms with Crippen LogP contribution in [0.3, 0.4) is 0 Å². The average molecular weight is 499 g/mol. The van der Waals surface area contributed by atoms with Crippen molar-refractivity contribution in [1.82, 2.24) is 14.9 Å². The number of fused-ring (bicyclic) bond motifs is 1. The van der Waals surface area contributed by atoms with Crippen LogP contribution >= 0.6 is 0 Å². The SMILES string of the molecule is COc1cc(CCCCOC2CCN(C(C(=O)OF)c3cccnc3C3CC3)C2)nc2c1CCCN2. The summed E-state index contributed by atoms with van der Waals surface area (Å²) in [5.41, 5.74) is 3.85. The zero-order valence-electron chi connectivity index (χ0n) is 20.9. The number of hydrogen-bond acceptors (Lipinski definition) is 8. The first-order valence-electron chi connectivity index (χ1n) is 13.1. The summed E-state index contributed by atoms with van der Waals surface area (Å²) in [6.45, 7) is 2.80. The van der Waals surface area contributed by atoms with E-state index in [9.17, 15) is 9.32 Å². The second-order valence-electron chi connectivity index (χ2n) is 9.96. The van der Waals surface area contributed by atoms with Crippen LogP contribution in [0.4, 0.5) is 10.3 Å². The van der Waals surface area contributed by atoms with Gasteiger partial charge in [-0.2, -0.15) is 0 Å². The normalized spacial score (nSPS) is 20.4. The number of aryl methyl sites for hydroxylation is 1. The molecule has 0 aromatic carbocycles. The molecule has 4 heterocycles. The van der Waals surface area contributed by atoms with Crippen LogP contribution in [0, 0.1) is 0 Å². The number of aromatic nitrogens is 2. The maximum Gasteiger partial charge on any atom is 0.370 e. The largest absolute Gasteiger partial charge is 0.496 e. The predicted octanol–water partition coefficient (Wildman–Crippen LogP) is 4.30. The Hall–Kier alpha value is -2.78. The highest BCUT2D eigenvalue weighted by Crippen LogP contribution is 2.43. The Bertz CT molecular complexity index is 1050. The van der Waals surface area contributed by atoms with Crippen LogP contribution in [0.1, 0.15) is 73.0 Å². The minimum Gasteiger partial charge on any atom is -0.496 e. The van der Waals surface area contributed by atoms with Gasteiger partial charge < -0.3 is 14.8 Å². The number of nitrogens with zero attached hydrogens (tertiary/aromatic N) is 3. The molecule has 1 N–H and O–H groups in total. The molecule has 9 heteroatoms. The molecule has 1 saturated heterocycles. The second-order valence-corrected chi connectivity index (χ2v) is 9.96. The Morgan fingerprint density at radius 2 is 2.19 bits per heavy atom. The van der Waals surface area contributed by atoms with E-state index in [1.165, 1.54) is 5.56 Å². The molecule has 3 aliphatic rings. The third kappa shape index (κ3) is 5.62. The third-order valence-electron chi connectivity index (χ3n) is 7.40. The first kappa shape index (κ1) is 24.9. The summed E-state index contributed by atoms with van der Waals surface area (Å²) in [6.07, 6.45) is 9.47. The molecule has 2 aromatic heterocycles. The molecule has 2 unspecified atom stereocenters. The summed E-state index contributed by atoms with van der Waals surface area (Å²) >= 11 is 0. The van der Waals surface area contributed by atoms with Crippen molar-refractivity contribution in [2.45, 2.75) is 69.4 Å². The van der Waals surface area contributed by atoms with E-state index >= 15 is 0 Å². The van der Waals surface area contributed by atoms with Crippen LogP contribution < -0.4 is 10.1 Å². The van der Waals surface area contributed by atoms with Gasteiger partial charge in [0.2, 0.25) is 0 Å². The lowest BCUT2D eigenvalue weighted by atomic mass is 10.0. The Morgan fingerprint density at radius 1 is 1.31 bits per heavy atom. The van der Waals surface area contributed by atoms with Gasteiger partial charge >= 0.3 is 5.97 Å². The quantitative estimate of drug-likeness (QED) is 0.459. The molecule has 0 spiro atoms. The van der Waals surface area contributed by atoms with Crippen molar-refractivity contribution in [1.29, 1.82) is 0 Å². The van der Waals surface area contributed by atoms with Crippen LogP contribution in [0.5, 0.6) is 5.75 Å². The number of carbonyl (C=O) groups is 1. The number of likely N-dealkylation sites (tertiary alicyclic amines) is 1. The van der Waals surface area contributed by atoms with Crippen LogP contribution in [-0.2, 0) is 27.3 Å². The zero-order valence-corrected chi connectivity index (χ0v) is 20.9. The van der Waals surface area contributed by atoms with Gasteiger partial charge in [0.05, 0.1) is 13.2 Å². The number of pyridine rings is 2. The molecule has 1 aliphatic carbocycles. The monoisotopic (exact) mass is 498 g/mol. The summed E-state index contributed by atoms with van der Waals surface area (Å²) in [5, 5.41) is 3.39. The van der Waals surface area contributed by atoms with Crippen molar-refractivity contribution in [2.75, 3.05) is 38.7 Å². The standard InChI is InChI=1S/C27H35FN4O4/c1-34-23-16-19(31-26-21(23)7-4-13-30-26)6-2-3-15-35-20-11-14-32(17-20)25(27(33)36-28)22-8-5-12-29-24(22)18-9-10-18/h5,8,12,16,18,20,25H,2-4,6-7,9-11,13-15,17H2,1H3,(H,30,31). The van der Waals surface area contributed by atoms with E-state index in [1.807, 2.05) is 11.0 Å². The van der Waals surface area contributed by atoms with Crippen LogP contribution in [0.25, 0.3) is 0 Å². The van der Waals surface area contributed by atoms with Crippen LogP contribution in [0.2, 0.25) is 0 Å². The van der Waals surface area contributed by atoms with E-state index in [1.54, 1.807) is 19.4 Å². The molecule has 2 atom stereocenters. The number of carbonyl (C=O) groups excluding carboxylic acids is 1. The first-order valence-corrected chi connectivity index (χ1v) is 13.1. The highest BCUT2D eigenvalue weighted by molar-refractivity contribution is 5.77. The molecular formula is C27H35FN4O4. The van der Waals surface area contributed by atoms with Crippen molar-refractivity contribution in [3.8, 4) is 5.75 Å². The number of methoxy groups -OCH3 is 1. The molecule has 1 saturated carbocycles. The Morgan fingerprint density at radius 3 is 3.00 bits per heavy atom. The molecule has 0 bridgehead atoms. The molecule has 2 aromatic rings. The van der Waals surface area contributed by atoms with Crippen molar-refractivity contribution >= 4 is 11.8 Å². The van der Waals surface area contributed by atoms with Gasteiger partial charge in [0.1, 0.15) is 17.6 Å². The first-order chi connectivity index (χ1) is 17.7. The molecule has 5 rings (SSSR count). The Balaban J connectivity index is 1.11. The van der Waals surface area contributed by atoms with Gasteiger partial charge in [0, 0.05) is 71.5 Å². The lowest BCUT2D eigenvalue weighted by Crippen LogP contribution is -2.34. The molecule has 194 valence electrons. The van der Waals surface area contributed by atoms with E-state index in [4.69, 9.17) is 14.5 Å². The minimum atomic E-state index is -0.881. The van der Waals surface area contributed by atoms with Gasteiger partial charge in [-0.1, -0.05) is 6.07 Å². The second kappa shape index (κ2) is 11.5. The number of rotatable bonds is 11. The van der Waals surface area contributed by atoms with Crippen molar-refractivity contribution in [3.63, 3.8) is 0 Å². The van der Waals surface area contributed by atoms with Gasteiger partial charge in [-0.3, -0.25) is 14.8 Å². The fraction of sp³-hybridized carbons (Fsp3) is 0.593. The van der Waals surface area contributed by atoms with Gasteiger partial charge in [-0.05, 0) is 57.4 Å². The maximum atomic E-state index is 13.0. The molecule has 0 amide bonds. The predicted molar refractivity (Wildman–Crippen MR) is 133 cm³/mol. The molecule has 8 nitrogen and oxygen atoms in total. The smallest absolute Gasteiger partial charge is 0.370 e. The zero-order chi connectivity index (χ0) is 24.9. The number of hydrogen-bond donors (Lipinski definition) is 1. The van der Waals surface area contributed by atoms with Gasteiger partial charge in [-0.15, -0.1) is 0 Å². The maximum absolute atomic E-state index is 13.0. The van der Waals surface area contributed by atoms with E-state index in [2.05, 4.69) is 21.3 Å². The highest BCUT2D eigenvalue weighted by atomic mass is 19.3. The van der Waals surface area contributed by atoms with Gasteiger partial charge in [0.15, 0.2) is 0 Å². The van der Waals surface area contributed by atoms with Crippen LogP contribution in [0.15, 0.2) is 24.4 Å². The topological polar surface area (TPSA) is 85.8 Å². The minimum absolute atomic E-state index is 0.00659. The van der Waals surface area contributed by atoms with Gasteiger partial charge in [-0.25, -0.2) is 9.78 Å². The van der Waals surface area contributed by atoms with Crippen molar-refractivity contribution in [2.24, 2.45) is 0 Å². The average Bonchev–Trinajstić information content (AvgIpc) is 3.66. The number of unbranched alkanes of at least 4 members (excludes halogenated alkanes) is 1. The highest BCUT2D eigenvalue weighted by Gasteiger charge is 2.39. The fourth-order valence-electron chi connectivity index (χ4n) is 5.43. The van der Waals surface area contributed by atoms with E-state index in [0.29, 0.717) is 25.6 Å². The third-order valence-corrected chi connectivity index (χ3v) is 7.40. The summed E-state index contributed by atoms with van der Waals surface area (Å²) < 4.78 is 24.8. The number of ether oxygens (including phenoxy) is 2. The summed E-state index contributed by atoms with van der Waals surface area (Å²) in [4.78, 5) is 27.4. The van der Waals surface area contributed by atoms with E-state index < -0.39 is 12.0 Å².